The van der Waals surface area contributed by atoms with E-state index in [2.05, 4.69) is 15.5 Å². The van der Waals surface area contributed by atoms with Crippen molar-refractivity contribution >= 4 is 17.7 Å². The quantitative estimate of drug-likeness (QED) is 0.595. The van der Waals surface area contributed by atoms with Crippen molar-refractivity contribution in [1.29, 1.82) is 0 Å². The molecule has 2 aromatic carbocycles. The number of nitrogens with one attached hydrogen (secondary N) is 1. The molecule has 2 aliphatic rings. The van der Waals surface area contributed by atoms with Gasteiger partial charge in [0.25, 0.3) is 5.91 Å². The number of hydrogen-bond acceptors (Lipinski definition) is 6. The van der Waals surface area contributed by atoms with Crippen molar-refractivity contribution in [2.75, 3.05) is 0 Å². The van der Waals surface area contributed by atoms with Gasteiger partial charge < -0.3 is 9.64 Å². The van der Waals surface area contributed by atoms with E-state index in [4.69, 9.17) is 4.74 Å². The summed E-state index contributed by atoms with van der Waals surface area (Å²) in [6.07, 6.45) is 3.85. The molecule has 0 aliphatic carbocycles. The molecule has 0 saturated carbocycles. The summed E-state index contributed by atoms with van der Waals surface area (Å²) in [6.45, 7) is 1.23. The fraction of sp³-hybridized carbons (Fsp3) is 0.261. The molecule has 3 heterocycles. The molecule has 0 radical (unpaired) electrons. The number of piperidine rings is 1. The summed E-state index contributed by atoms with van der Waals surface area (Å²) >= 11 is 0. The number of aromatic nitrogens is 3. The number of ether oxygens (including phenoxy) is 1. The highest BCUT2D eigenvalue weighted by Crippen LogP contribution is 2.33. The lowest BCUT2D eigenvalue weighted by Crippen LogP contribution is -2.52. The van der Waals surface area contributed by atoms with Crippen LogP contribution >= 0.6 is 0 Å². The zero-order valence-corrected chi connectivity index (χ0v) is 17.2. The molecule has 2 aliphatic heterocycles. The molecule has 1 unspecified atom stereocenters. The summed E-state index contributed by atoms with van der Waals surface area (Å²) in [6, 6.07) is 12.7. The van der Waals surface area contributed by atoms with Gasteiger partial charge in [0.15, 0.2) is 0 Å². The van der Waals surface area contributed by atoms with Gasteiger partial charge in [0, 0.05) is 17.5 Å². The predicted octanol–water partition coefficient (Wildman–Crippen LogP) is 1.67. The molecule has 5 rings (SSSR count). The van der Waals surface area contributed by atoms with E-state index in [1.807, 2.05) is 30.3 Å². The monoisotopic (exact) mass is 431 g/mol. The van der Waals surface area contributed by atoms with Gasteiger partial charge in [-0.25, -0.2) is 0 Å². The van der Waals surface area contributed by atoms with Crippen molar-refractivity contribution in [2.24, 2.45) is 0 Å². The van der Waals surface area contributed by atoms with Crippen molar-refractivity contribution in [3.05, 3.63) is 77.1 Å². The van der Waals surface area contributed by atoms with Crippen LogP contribution in [0.1, 0.15) is 39.9 Å². The molecular weight excluding hydrogens is 410 g/mol. The summed E-state index contributed by atoms with van der Waals surface area (Å²) in [4.78, 5) is 39.7. The molecule has 1 atom stereocenters. The summed E-state index contributed by atoms with van der Waals surface area (Å²) < 4.78 is 6.05. The largest absolute Gasteiger partial charge is 0.489 e. The lowest BCUT2D eigenvalue weighted by atomic mass is 10.0. The Morgan fingerprint density at radius 3 is 2.50 bits per heavy atom. The number of hydrogen-bond donors (Lipinski definition) is 1. The average molecular weight is 431 g/mol. The zero-order valence-electron chi connectivity index (χ0n) is 17.2. The maximum Gasteiger partial charge on any atom is 0.255 e. The molecule has 0 bridgehead atoms. The van der Waals surface area contributed by atoms with Gasteiger partial charge in [0.05, 0.1) is 25.5 Å². The maximum absolute atomic E-state index is 12.9. The topological polar surface area (TPSA) is 106 Å². The van der Waals surface area contributed by atoms with Crippen LogP contribution in [-0.4, -0.2) is 43.7 Å². The Bertz CT molecular complexity index is 1170. The molecule has 1 fully saturated rings. The Morgan fingerprint density at radius 2 is 1.75 bits per heavy atom. The normalized spacial score (nSPS) is 17.9. The lowest BCUT2D eigenvalue weighted by molar-refractivity contribution is -0.136. The number of carbonyl (C=O) groups is 3. The number of nitrogens with zero attached hydrogens (tertiary/aromatic N) is 4. The van der Waals surface area contributed by atoms with Crippen LogP contribution in [0.3, 0.4) is 0 Å². The Labute approximate surface area is 184 Å². The summed E-state index contributed by atoms with van der Waals surface area (Å²) in [5.74, 6) is -0.311. The first kappa shape index (κ1) is 19.9. The van der Waals surface area contributed by atoms with E-state index in [1.165, 1.54) is 4.90 Å². The number of fused-ring (bicyclic) bond motifs is 1. The van der Waals surface area contributed by atoms with Crippen LogP contribution in [0.2, 0.25) is 0 Å². The van der Waals surface area contributed by atoms with Crippen molar-refractivity contribution in [3.63, 3.8) is 0 Å². The fourth-order valence-corrected chi connectivity index (χ4v) is 4.08. The second-order valence-electron chi connectivity index (χ2n) is 7.85. The fourth-order valence-electron chi connectivity index (χ4n) is 4.08. The Balaban J connectivity index is 1.27. The Hall–Kier alpha value is -4.01. The van der Waals surface area contributed by atoms with Gasteiger partial charge in [0.1, 0.15) is 18.4 Å². The van der Waals surface area contributed by atoms with E-state index in [0.29, 0.717) is 30.9 Å². The van der Waals surface area contributed by atoms with Gasteiger partial charge in [-0.1, -0.05) is 30.3 Å². The zero-order chi connectivity index (χ0) is 22.1. The SMILES string of the molecule is O=C1CCC(N2Cc3c(OCc4ccc(Cn5nccn5)cc4)cccc3C2=O)C(=O)N1. The molecular formula is C23H21N5O4. The number of carbonyl (C=O) groups excluding carboxylic acids is 3. The van der Waals surface area contributed by atoms with E-state index in [-0.39, 0.29) is 24.8 Å². The third-order valence-corrected chi connectivity index (χ3v) is 5.75. The maximum atomic E-state index is 12.9. The number of imide groups is 1. The van der Waals surface area contributed by atoms with Crippen LogP contribution in [0.15, 0.2) is 54.9 Å². The van der Waals surface area contributed by atoms with Crippen LogP contribution in [0.4, 0.5) is 0 Å². The van der Waals surface area contributed by atoms with Gasteiger partial charge in [-0.15, -0.1) is 0 Å². The second-order valence-corrected chi connectivity index (χ2v) is 7.85. The van der Waals surface area contributed by atoms with E-state index in [0.717, 1.165) is 16.7 Å². The second kappa shape index (κ2) is 8.26. The summed E-state index contributed by atoms with van der Waals surface area (Å²) in [7, 11) is 0. The molecule has 3 amide bonds. The van der Waals surface area contributed by atoms with Gasteiger partial charge in [-0.2, -0.15) is 15.0 Å². The van der Waals surface area contributed by atoms with Crippen LogP contribution in [-0.2, 0) is 29.3 Å². The van der Waals surface area contributed by atoms with E-state index < -0.39 is 11.9 Å². The minimum absolute atomic E-state index is 0.212. The van der Waals surface area contributed by atoms with Crippen LogP contribution in [0, 0.1) is 0 Å². The number of amides is 3. The smallest absolute Gasteiger partial charge is 0.255 e. The molecule has 32 heavy (non-hydrogen) atoms. The van der Waals surface area contributed by atoms with Crippen molar-refractivity contribution < 1.29 is 19.1 Å². The molecule has 162 valence electrons. The third-order valence-electron chi connectivity index (χ3n) is 5.75. The standard InChI is InChI=1S/C23H21N5O4/c29-21-9-8-19(22(30)26-21)27-13-18-17(23(27)31)2-1-3-20(18)32-14-16-6-4-15(5-7-16)12-28-24-10-11-25-28/h1-7,10-11,19H,8-9,12-14H2,(H,26,29,30). The predicted molar refractivity (Wildman–Crippen MR) is 112 cm³/mol. The number of rotatable bonds is 6. The average Bonchev–Trinajstić information content (AvgIpc) is 3.42. The highest BCUT2D eigenvalue weighted by Gasteiger charge is 2.40. The van der Waals surface area contributed by atoms with E-state index in [9.17, 15) is 14.4 Å². The van der Waals surface area contributed by atoms with Crippen LogP contribution < -0.4 is 10.1 Å². The van der Waals surface area contributed by atoms with Gasteiger partial charge in [-0.3, -0.25) is 19.7 Å². The summed E-state index contributed by atoms with van der Waals surface area (Å²) in [5.41, 5.74) is 3.38. The molecule has 1 N–H and O–H groups in total. The first-order valence-electron chi connectivity index (χ1n) is 10.4. The minimum Gasteiger partial charge on any atom is -0.489 e. The molecule has 3 aromatic rings. The number of benzene rings is 2. The van der Waals surface area contributed by atoms with Crippen molar-refractivity contribution in [1.82, 2.24) is 25.2 Å². The molecule has 9 nitrogen and oxygen atoms in total. The molecule has 9 heteroatoms. The lowest BCUT2D eigenvalue weighted by Gasteiger charge is -2.29. The van der Waals surface area contributed by atoms with Gasteiger partial charge in [0.2, 0.25) is 11.8 Å². The Kier molecular flexibility index (Phi) is 5.14. The van der Waals surface area contributed by atoms with Crippen molar-refractivity contribution in [2.45, 2.75) is 38.6 Å². The molecule has 1 saturated heterocycles. The van der Waals surface area contributed by atoms with Gasteiger partial charge in [-0.05, 0) is 29.7 Å². The van der Waals surface area contributed by atoms with Crippen LogP contribution in [0.25, 0.3) is 0 Å². The molecule has 0 spiro atoms. The van der Waals surface area contributed by atoms with Crippen LogP contribution in [0.5, 0.6) is 5.75 Å². The first-order valence-corrected chi connectivity index (χ1v) is 10.4. The minimum atomic E-state index is -0.641. The highest BCUT2D eigenvalue weighted by atomic mass is 16.5. The third kappa shape index (κ3) is 3.84. The molecule has 1 aromatic heterocycles. The summed E-state index contributed by atoms with van der Waals surface area (Å²) in [5, 5.41) is 10.5. The Morgan fingerprint density at radius 1 is 1.00 bits per heavy atom. The highest BCUT2D eigenvalue weighted by molar-refractivity contribution is 6.05. The first-order chi connectivity index (χ1) is 15.6. The van der Waals surface area contributed by atoms with E-state index in [1.54, 1.807) is 29.3 Å². The van der Waals surface area contributed by atoms with Crippen molar-refractivity contribution in [3.8, 4) is 5.75 Å². The van der Waals surface area contributed by atoms with E-state index >= 15 is 0 Å². The van der Waals surface area contributed by atoms with Gasteiger partial charge >= 0.3 is 0 Å².